The number of hydrogen-bond acceptors (Lipinski definition) is 4. The highest BCUT2D eigenvalue weighted by molar-refractivity contribution is 9.10. The van der Waals surface area contributed by atoms with Crippen molar-refractivity contribution in [3.63, 3.8) is 0 Å². The van der Waals surface area contributed by atoms with E-state index < -0.39 is 11.0 Å². The van der Waals surface area contributed by atoms with Crippen LogP contribution in [-0.2, 0) is 5.41 Å². The fraction of sp³-hybridized carbons (Fsp3) is 0.100. The second-order valence-electron chi connectivity index (χ2n) is 8.44. The molecule has 35 heavy (non-hydrogen) atoms. The molecule has 5 aromatic rings. The lowest BCUT2D eigenvalue weighted by Crippen LogP contribution is -2.35. The van der Waals surface area contributed by atoms with Crippen molar-refractivity contribution in [2.45, 2.75) is 11.8 Å². The van der Waals surface area contributed by atoms with Gasteiger partial charge >= 0.3 is 5.63 Å². The van der Waals surface area contributed by atoms with Crippen LogP contribution in [0, 0.1) is 0 Å². The lowest BCUT2D eigenvalue weighted by atomic mass is 9.67. The highest BCUT2D eigenvalue weighted by atomic mass is 79.9. The van der Waals surface area contributed by atoms with E-state index in [0.29, 0.717) is 11.0 Å². The molecule has 1 aromatic heterocycles. The molecule has 2 N–H and O–H groups in total. The number of halogens is 1. The summed E-state index contributed by atoms with van der Waals surface area (Å²) in [6, 6.07) is 32.3. The van der Waals surface area contributed by atoms with Crippen molar-refractivity contribution in [2.24, 2.45) is 0 Å². The predicted octanol–water partition coefficient (Wildman–Crippen LogP) is 6.64. The van der Waals surface area contributed by atoms with E-state index in [1.165, 1.54) is 0 Å². The number of fused-ring (bicyclic) bond motifs is 1. The van der Waals surface area contributed by atoms with Crippen molar-refractivity contribution in [1.29, 1.82) is 0 Å². The van der Waals surface area contributed by atoms with Gasteiger partial charge in [0.15, 0.2) is 0 Å². The summed E-state index contributed by atoms with van der Waals surface area (Å²) in [5.74, 6) is -0.133. The zero-order valence-corrected chi connectivity index (χ0v) is 20.4. The van der Waals surface area contributed by atoms with E-state index >= 15 is 0 Å². The highest BCUT2D eigenvalue weighted by Crippen LogP contribution is 2.46. The number of aromatic hydroxyl groups is 1. The SMILES string of the molecule is O=c1oc2ccccc2c(O)c1C(CCO)(c1ccccc1)c1ccc(-c2ccc(Br)cc2)cc1. The van der Waals surface area contributed by atoms with Crippen LogP contribution in [0.5, 0.6) is 5.75 Å². The van der Waals surface area contributed by atoms with Gasteiger partial charge < -0.3 is 14.6 Å². The molecule has 174 valence electrons. The van der Waals surface area contributed by atoms with Crippen LogP contribution in [0.1, 0.15) is 23.1 Å². The van der Waals surface area contributed by atoms with Crippen molar-refractivity contribution in [1.82, 2.24) is 0 Å². The van der Waals surface area contributed by atoms with E-state index in [9.17, 15) is 15.0 Å². The van der Waals surface area contributed by atoms with E-state index in [2.05, 4.69) is 15.9 Å². The van der Waals surface area contributed by atoms with Crippen LogP contribution in [0.3, 0.4) is 0 Å². The van der Waals surface area contributed by atoms with Gasteiger partial charge in [-0.15, -0.1) is 0 Å². The summed E-state index contributed by atoms with van der Waals surface area (Å²) in [5, 5.41) is 22.1. The molecule has 0 amide bonds. The van der Waals surface area contributed by atoms with Crippen LogP contribution in [-0.4, -0.2) is 16.8 Å². The van der Waals surface area contributed by atoms with Gasteiger partial charge in [0.2, 0.25) is 0 Å². The molecule has 4 aromatic carbocycles. The molecule has 1 heterocycles. The monoisotopic (exact) mass is 526 g/mol. The van der Waals surface area contributed by atoms with E-state index in [1.54, 1.807) is 24.3 Å². The molecule has 0 radical (unpaired) electrons. The predicted molar refractivity (Wildman–Crippen MR) is 142 cm³/mol. The second kappa shape index (κ2) is 9.53. The summed E-state index contributed by atoms with van der Waals surface area (Å²) in [6.45, 7) is -0.199. The minimum absolute atomic E-state index is 0.118. The van der Waals surface area contributed by atoms with Crippen LogP contribution in [0.25, 0.3) is 22.1 Å². The molecule has 1 atom stereocenters. The second-order valence-corrected chi connectivity index (χ2v) is 9.35. The summed E-state index contributed by atoms with van der Waals surface area (Å²) in [7, 11) is 0. The van der Waals surface area contributed by atoms with Gasteiger partial charge in [-0.1, -0.05) is 94.8 Å². The summed E-state index contributed by atoms with van der Waals surface area (Å²) in [4.78, 5) is 13.4. The molecule has 5 rings (SSSR count). The molecule has 0 saturated carbocycles. The average Bonchev–Trinajstić information content (AvgIpc) is 2.89. The first-order valence-electron chi connectivity index (χ1n) is 11.3. The Morgan fingerprint density at radius 2 is 1.31 bits per heavy atom. The Morgan fingerprint density at radius 1 is 0.743 bits per heavy atom. The van der Waals surface area contributed by atoms with Crippen molar-refractivity contribution >= 4 is 26.9 Å². The van der Waals surface area contributed by atoms with Crippen LogP contribution in [0.2, 0.25) is 0 Å². The van der Waals surface area contributed by atoms with Crippen LogP contribution in [0.4, 0.5) is 0 Å². The van der Waals surface area contributed by atoms with Gasteiger partial charge in [0.25, 0.3) is 0 Å². The molecule has 5 heteroatoms. The number of aliphatic hydroxyl groups is 1. The van der Waals surface area contributed by atoms with Crippen molar-refractivity contribution < 1.29 is 14.6 Å². The van der Waals surface area contributed by atoms with Crippen molar-refractivity contribution in [3.8, 4) is 16.9 Å². The molecular weight excluding hydrogens is 504 g/mol. The molecule has 0 aliphatic carbocycles. The lowest BCUT2D eigenvalue weighted by Gasteiger charge is -2.35. The number of aliphatic hydroxyl groups excluding tert-OH is 1. The third-order valence-electron chi connectivity index (χ3n) is 6.52. The number of hydrogen-bond donors (Lipinski definition) is 2. The van der Waals surface area contributed by atoms with Crippen LogP contribution >= 0.6 is 15.9 Å². The largest absolute Gasteiger partial charge is 0.507 e. The number of rotatable bonds is 6. The van der Waals surface area contributed by atoms with Crippen molar-refractivity contribution in [2.75, 3.05) is 6.61 Å². The zero-order chi connectivity index (χ0) is 24.4. The molecule has 0 spiro atoms. The Balaban J connectivity index is 1.79. The molecule has 0 bridgehead atoms. The summed E-state index contributed by atoms with van der Waals surface area (Å²) >= 11 is 3.47. The maximum atomic E-state index is 13.4. The van der Waals surface area contributed by atoms with E-state index in [0.717, 1.165) is 26.7 Å². The first-order chi connectivity index (χ1) is 17.0. The number of benzene rings is 4. The maximum Gasteiger partial charge on any atom is 0.344 e. The van der Waals surface area contributed by atoms with Gasteiger partial charge in [-0.3, -0.25) is 0 Å². The van der Waals surface area contributed by atoms with E-state index in [-0.39, 0.29) is 24.3 Å². The molecule has 0 aliphatic rings. The first-order valence-corrected chi connectivity index (χ1v) is 12.1. The standard InChI is InChI=1S/C30H23BrO4/c31-24-16-12-21(13-17-24)20-10-14-23(15-11-20)30(18-19-32,22-6-2-1-3-7-22)27-28(33)25-8-4-5-9-26(25)35-29(27)34/h1-17,32-33H,18-19H2. The first kappa shape index (κ1) is 23.1. The van der Waals surface area contributed by atoms with Gasteiger partial charge in [-0.05, 0) is 52.9 Å². The molecule has 4 nitrogen and oxygen atoms in total. The fourth-order valence-corrected chi connectivity index (χ4v) is 5.12. The topological polar surface area (TPSA) is 70.7 Å². The third kappa shape index (κ3) is 4.07. The highest BCUT2D eigenvalue weighted by Gasteiger charge is 2.41. The van der Waals surface area contributed by atoms with Crippen molar-refractivity contribution in [3.05, 3.63) is 135 Å². The average molecular weight is 527 g/mol. The fourth-order valence-electron chi connectivity index (χ4n) is 4.86. The Labute approximate surface area is 211 Å². The Morgan fingerprint density at radius 3 is 1.97 bits per heavy atom. The van der Waals surface area contributed by atoms with Gasteiger partial charge in [-0.2, -0.15) is 0 Å². The van der Waals surface area contributed by atoms with E-state index in [1.807, 2.05) is 78.9 Å². The summed E-state index contributed by atoms with van der Waals surface area (Å²) in [6.07, 6.45) is 0.186. The molecule has 0 saturated heterocycles. The Hall–Kier alpha value is -3.67. The molecule has 1 unspecified atom stereocenters. The van der Waals surface area contributed by atoms with Gasteiger partial charge in [0.1, 0.15) is 11.3 Å². The Bertz CT molecular complexity index is 1520. The van der Waals surface area contributed by atoms with Crippen LogP contribution in [0.15, 0.2) is 117 Å². The van der Waals surface area contributed by atoms with Gasteiger partial charge in [-0.25, -0.2) is 4.79 Å². The minimum Gasteiger partial charge on any atom is -0.507 e. The molecule has 0 fully saturated rings. The summed E-state index contributed by atoms with van der Waals surface area (Å²) < 4.78 is 6.67. The molecule has 0 aliphatic heterocycles. The normalized spacial score (nSPS) is 13.0. The maximum absolute atomic E-state index is 13.4. The smallest absolute Gasteiger partial charge is 0.344 e. The lowest BCUT2D eigenvalue weighted by molar-refractivity contribution is 0.261. The number of para-hydroxylation sites is 1. The van der Waals surface area contributed by atoms with Gasteiger partial charge in [0.05, 0.1) is 16.4 Å². The third-order valence-corrected chi connectivity index (χ3v) is 7.05. The Kier molecular flexibility index (Phi) is 6.29. The summed E-state index contributed by atoms with van der Waals surface area (Å²) in [5.41, 5.74) is 2.31. The van der Waals surface area contributed by atoms with E-state index in [4.69, 9.17) is 4.42 Å². The molecular formula is C30H23BrO4. The zero-order valence-electron chi connectivity index (χ0n) is 18.8. The van der Waals surface area contributed by atoms with Crippen LogP contribution < -0.4 is 5.63 Å². The van der Waals surface area contributed by atoms with Gasteiger partial charge in [0, 0.05) is 11.1 Å². The quantitative estimate of drug-likeness (QED) is 0.243. The minimum atomic E-state index is -1.12.